The summed E-state index contributed by atoms with van der Waals surface area (Å²) in [5.41, 5.74) is 4.07. The van der Waals surface area contributed by atoms with Gasteiger partial charge in [-0.05, 0) is 35.9 Å². The molecule has 0 bridgehead atoms. The number of nitrogens with one attached hydrogen (secondary N) is 2. The Bertz CT molecular complexity index is 1390. The number of rotatable bonds is 7. The lowest BCUT2D eigenvalue weighted by molar-refractivity contribution is -0.111. The van der Waals surface area contributed by atoms with E-state index in [4.69, 9.17) is 9.72 Å². The Kier molecular flexibility index (Phi) is 6.83. The minimum atomic E-state index is -0.264. The average Bonchev–Trinajstić information content (AvgIpc) is 2.93. The van der Waals surface area contributed by atoms with Crippen molar-refractivity contribution >= 4 is 40.0 Å². The molecule has 3 N–H and O–H groups in total. The van der Waals surface area contributed by atoms with Gasteiger partial charge in [0.15, 0.2) is 0 Å². The van der Waals surface area contributed by atoms with E-state index >= 15 is 0 Å². The fourth-order valence-electron chi connectivity index (χ4n) is 4.12. The van der Waals surface area contributed by atoms with Gasteiger partial charge in [-0.3, -0.25) is 4.79 Å². The van der Waals surface area contributed by atoms with Crippen LogP contribution in [0.25, 0.3) is 22.0 Å². The van der Waals surface area contributed by atoms with E-state index in [0.29, 0.717) is 24.8 Å². The summed E-state index contributed by atoms with van der Waals surface area (Å²) in [7, 11) is 0. The zero-order chi connectivity index (χ0) is 24.9. The first-order chi connectivity index (χ1) is 17.6. The molecule has 36 heavy (non-hydrogen) atoms. The lowest BCUT2D eigenvalue weighted by Gasteiger charge is -2.32. The summed E-state index contributed by atoms with van der Waals surface area (Å²) in [6, 6.07) is 17.4. The summed E-state index contributed by atoms with van der Waals surface area (Å²) in [5, 5.41) is 16.3. The van der Waals surface area contributed by atoms with Crippen molar-refractivity contribution in [1.29, 1.82) is 0 Å². The number of hydrogen-bond acceptors (Lipinski definition) is 8. The molecule has 9 heteroatoms. The number of aliphatic hydroxyl groups is 1. The number of hydrogen-bond donors (Lipinski definition) is 3. The molecule has 182 valence electrons. The Morgan fingerprint density at radius 1 is 1.14 bits per heavy atom. The third kappa shape index (κ3) is 5.17. The number of aliphatic hydroxyl groups excluding tert-OH is 1. The highest BCUT2D eigenvalue weighted by molar-refractivity contribution is 6.00. The summed E-state index contributed by atoms with van der Waals surface area (Å²) < 4.78 is 5.52. The van der Waals surface area contributed by atoms with Gasteiger partial charge in [-0.1, -0.05) is 36.9 Å². The molecule has 0 unspecified atom stereocenters. The summed E-state index contributed by atoms with van der Waals surface area (Å²) in [5.74, 6) is 1.01. The topological polar surface area (TPSA) is 113 Å². The number of amides is 1. The highest BCUT2D eigenvalue weighted by Gasteiger charge is 2.20. The Morgan fingerprint density at radius 2 is 2.03 bits per heavy atom. The van der Waals surface area contributed by atoms with Gasteiger partial charge in [0, 0.05) is 35.9 Å². The van der Waals surface area contributed by atoms with E-state index in [0.717, 1.165) is 40.1 Å². The molecule has 1 aliphatic rings. The van der Waals surface area contributed by atoms with Crippen LogP contribution in [0.4, 0.5) is 23.1 Å². The SMILES string of the molecule is C=CC(=O)Nc1cccc(-c2cccc3cnc(Nc4ccc(N5CCO[C@H](CO)C5)nc4)nc23)c1. The smallest absolute Gasteiger partial charge is 0.247 e. The number of aromatic nitrogens is 3. The number of carbonyl (C=O) groups is 1. The average molecular weight is 483 g/mol. The summed E-state index contributed by atoms with van der Waals surface area (Å²) in [4.78, 5) is 27.6. The zero-order valence-corrected chi connectivity index (χ0v) is 19.6. The number of benzene rings is 2. The van der Waals surface area contributed by atoms with Crippen molar-refractivity contribution in [3.05, 3.63) is 79.6 Å². The van der Waals surface area contributed by atoms with E-state index in [1.165, 1.54) is 6.08 Å². The van der Waals surface area contributed by atoms with E-state index in [9.17, 15) is 9.90 Å². The van der Waals surface area contributed by atoms with Crippen LogP contribution in [-0.4, -0.2) is 58.4 Å². The molecule has 2 aromatic heterocycles. The Hall–Kier alpha value is -4.34. The molecule has 0 saturated carbocycles. The number of fused-ring (bicyclic) bond motifs is 1. The van der Waals surface area contributed by atoms with Gasteiger partial charge < -0.3 is 25.4 Å². The molecule has 0 aliphatic carbocycles. The van der Waals surface area contributed by atoms with Crippen molar-refractivity contribution in [3.8, 4) is 11.1 Å². The molecule has 4 aromatic rings. The number of pyridine rings is 1. The normalized spacial score (nSPS) is 15.5. The van der Waals surface area contributed by atoms with Gasteiger partial charge in [-0.25, -0.2) is 15.0 Å². The molecule has 0 radical (unpaired) electrons. The summed E-state index contributed by atoms with van der Waals surface area (Å²) in [6.07, 6.45) is 4.56. The van der Waals surface area contributed by atoms with Crippen LogP contribution < -0.4 is 15.5 Å². The molecule has 1 aliphatic heterocycles. The first-order valence-corrected chi connectivity index (χ1v) is 11.6. The van der Waals surface area contributed by atoms with E-state index < -0.39 is 0 Å². The monoisotopic (exact) mass is 482 g/mol. The lowest BCUT2D eigenvalue weighted by Crippen LogP contribution is -2.44. The van der Waals surface area contributed by atoms with Crippen LogP contribution in [-0.2, 0) is 9.53 Å². The van der Waals surface area contributed by atoms with Crippen molar-refractivity contribution in [2.75, 3.05) is 41.8 Å². The largest absolute Gasteiger partial charge is 0.394 e. The first-order valence-electron chi connectivity index (χ1n) is 11.6. The predicted molar refractivity (Wildman–Crippen MR) is 140 cm³/mol. The Balaban J connectivity index is 1.38. The first kappa shape index (κ1) is 23.4. The molecule has 2 aromatic carbocycles. The van der Waals surface area contributed by atoms with Crippen LogP contribution in [0.2, 0.25) is 0 Å². The Morgan fingerprint density at radius 3 is 2.83 bits per heavy atom. The minimum absolute atomic E-state index is 0.00875. The quantitative estimate of drug-likeness (QED) is 0.342. The molecule has 1 amide bonds. The van der Waals surface area contributed by atoms with Crippen LogP contribution in [0.1, 0.15) is 0 Å². The highest BCUT2D eigenvalue weighted by Crippen LogP contribution is 2.30. The zero-order valence-electron chi connectivity index (χ0n) is 19.6. The number of ether oxygens (including phenoxy) is 1. The second-order valence-corrected chi connectivity index (χ2v) is 8.36. The second-order valence-electron chi connectivity index (χ2n) is 8.36. The van der Waals surface area contributed by atoms with Gasteiger partial charge in [0.2, 0.25) is 11.9 Å². The molecule has 1 fully saturated rings. The molecule has 1 saturated heterocycles. The number of carbonyl (C=O) groups excluding carboxylic acids is 1. The number of nitrogens with zero attached hydrogens (tertiary/aromatic N) is 4. The molecule has 3 heterocycles. The van der Waals surface area contributed by atoms with E-state index in [2.05, 4.69) is 32.1 Å². The van der Waals surface area contributed by atoms with Crippen LogP contribution in [0.3, 0.4) is 0 Å². The van der Waals surface area contributed by atoms with Gasteiger partial charge in [0.25, 0.3) is 0 Å². The van der Waals surface area contributed by atoms with Gasteiger partial charge >= 0.3 is 0 Å². The van der Waals surface area contributed by atoms with Crippen LogP contribution in [0, 0.1) is 0 Å². The predicted octanol–water partition coefficient (Wildman–Crippen LogP) is 3.76. The highest BCUT2D eigenvalue weighted by atomic mass is 16.5. The third-order valence-corrected chi connectivity index (χ3v) is 5.91. The van der Waals surface area contributed by atoms with E-state index in [-0.39, 0.29) is 18.6 Å². The van der Waals surface area contributed by atoms with E-state index in [1.54, 1.807) is 12.4 Å². The lowest BCUT2D eigenvalue weighted by atomic mass is 10.0. The van der Waals surface area contributed by atoms with Crippen molar-refractivity contribution < 1.29 is 14.6 Å². The maximum atomic E-state index is 11.7. The van der Waals surface area contributed by atoms with Crippen molar-refractivity contribution in [3.63, 3.8) is 0 Å². The molecular formula is C27H26N6O3. The molecular weight excluding hydrogens is 456 g/mol. The van der Waals surface area contributed by atoms with Crippen LogP contribution in [0.15, 0.2) is 79.6 Å². The van der Waals surface area contributed by atoms with Crippen molar-refractivity contribution in [2.45, 2.75) is 6.10 Å². The second kappa shape index (κ2) is 10.5. The molecule has 5 rings (SSSR count). The maximum Gasteiger partial charge on any atom is 0.247 e. The number of anilines is 4. The van der Waals surface area contributed by atoms with Crippen LogP contribution >= 0.6 is 0 Å². The fraction of sp³-hybridized carbons (Fsp3) is 0.185. The van der Waals surface area contributed by atoms with Crippen LogP contribution in [0.5, 0.6) is 0 Å². The van der Waals surface area contributed by atoms with Crippen molar-refractivity contribution in [2.24, 2.45) is 0 Å². The summed E-state index contributed by atoms with van der Waals surface area (Å²) in [6.45, 7) is 5.38. The summed E-state index contributed by atoms with van der Waals surface area (Å²) >= 11 is 0. The van der Waals surface area contributed by atoms with Gasteiger partial charge in [0.1, 0.15) is 5.82 Å². The van der Waals surface area contributed by atoms with Gasteiger partial charge in [-0.15, -0.1) is 0 Å². The standard InChI is InChI=1S/C27H26N6O3/c1-2-25(35)30-20-7-3-5-18(13-20)23-8-4-6-19-14-29-27(32-26(19)23)31-21-9-10-24(28-15-21)33-11-12-36-22(16-33)17-34/h2-10,13-15,22,34H,1,11-12,16-17H2,(H,30,35)(H,29,31,32)/t22-/m0/s1. The number of morpholine rings is 1. The van der Waals surface area contributed by atoms with Gasteiger partial charge in [0.05, 0.1) is 36.7 Å². The molecule has 1 atom stereocenters. The molecule has 9 nitrogen and oxygen atoms in total. The fourth-order valence-corrected chi connectivity index (χ4v) is 4.12. The maximum absolute atomic E-state index is 11.7. The van der Waals surface area contributed by atoms with Crippen molar-refractivity contribution in [1.82, 2.24) is 15.0 Å². The van der Waals surface area contributed by atoms with E-state index in [1.807, 2.05) is 54.6 Å². The molecule has 0 spiro atoms. The minimum Gasteiger partial charge on any atom is -0.394 e. The third-order valence-electron chi connectivity index (χ3n) is 5.91. The van der Waals surface area contributed by atoms with Gasteiger partial charge in [-0.2, -0.15) is 0 Å². The number of para-hydroxylation sites is 1. The Labute approximate surface area is 208 Å².